The van der Waals surface area contributed by atoms with E-state index in [-0.39, 0.29) is 31.0 Å². The van der Waals surface area contributed by atoms with Crippen molar-refractivity contribution in [2.75, 3.05) is 11.9 Å². The van der Waals surface area contributed by atoms with Crippen LogP contribution in [0.15, 0.2) is 12.7 Å². The van der Waals surface area contributed by atoms with Crippen molar-refractivity contribution in [3.8, 4) is 0 Å². The third kappa shape index (κ3) is 2.87. The fraction of sp³-hybridized carbons (Fsp3) is 0.722. The number of nitrogens with zero attached hydrogens (tertiary/aromatic N) is 4. The van der Waals surface area contributed by atoms with Gasteiger partial charge in [-0.1, -0.05) is 0 Å². The molecule has 1 unspecified atom stereocenters. The van der Waals surface area contributed by atoms with Crippen molar-refractivity contribution in [3.63, 3.8) is 0 Å². The second-order valence-corrected chi connectivity index (χ2v) is 8.11. The molecule has 0 spiro atoms. The van der Waals surface area contributed by atoms with Gasteiger partial charge in [-0.05, 0) is 33.1 Å². The number of aliphatic hydroxyl groups excluding tert-OH is 2. The van der Waals surface area contributed by atoms with Crippen molar-refractivity contribution in [2.24, 2.45) is 0 Å². The number of rotatable bonds is 4. The molecule has 4 heterocycles. The van der Waals surface area contributed by atoms with Gasteiger partial charge < -0.3 is 29.7 Å². The number of anilines is 1. The lowest BCUT2D eigenvalue weighted by atomic mass is 10.1. The summed E-state index contributed by atoms with van der Waals surface area (Å²) in [6, 6.07) is -0.0403. The minimum absolute atomic E-state index is 0.0403. The zero-order valence-corrected chi connectivity index (χ0v) is 15.9. The number of aliphatic hydroxyl groups is 2. The van der Waals surface area contributed by atoms with Crippen LogP contribution in [-0.4, -0.2) is 72.6 Å². The third-order valence-corrected chi connectivity index (χ3v) is 5.74. The summed E-state index contributed by atoms with van der Waals surface area (Å²) < 4.78 is 19.8. The highest BCUT2D eigenvalue weighted by Crippen LogP contribution is 2.43. The molecular formula is C18H25N5O5. The Bertz CT molecular complexity index is 873. The van der Waals surface area contributed by atoms with Gasteiger partial charge in [-0.3, -0.25) is 4.57 Å². The molecule has 3 N–H and O–H groups in total. The summed E-state index contributed by atoms with van der Waals surface area (Å²) in [7, 11) is 0. The van der Waals surface area contributed by atoms with Crippen LogP contribution in [-0.2, 0) is 14.2 Å². The lowest BCUT2D eigenvalue weighted by molar-refractivity contribution is -0.199. The second-order valence-electron chi connectivity index (χ2n) is 8.11. The molecule has 6 atom stereocenters. The first-order valence-electron chi connectivity index (χ1n) is 9.71. The van der Waals surface area contributed by atoms with Crippen molar-refractivity contribution in [3.05, 3.63) is 12.7 Å². The van der Waals surface area contributed by atoms with E-state index in [4.69, 9.17) is 14.2 Å². The topological polar surface area (TPSA) is 124 Å². The van der Waals surface area contributed by atoms with Gasteiger partial charge >= 0.3 is 0 Å². The SMILES string of the molecule is CC1(C)O[C@@H]2[C@@H](CO)OC(n3cnc4c(N[C@H]5CCC[C@@H]5O)ncnc43)[C@@H]2O1. The van der Waals surface area contributed by atoms with E-state index in [1.54, 1.807) is 10.9 Å². The van der Waals surface area contributed by atoms with Crippen molar-refractivity contribution in [2.45, 2.75) is 75.6 Å². The lowest BCUT2D eigenvalue weighted by Gasteiger charge is -2.24. The highest BCUT2D eigenvalue weighted by atomic mass is 16.8. The van der Waals surface area contributed by atoms with Gasteiger partial charge in [0.25, 0.3) is 0 Å². The van der Waals surface area contributed by atoms with E-state index in [2.05, 4.69) is 20.3 Å². The Morgan fingerprint density at radius 3 is 2.79 bits per heavy atom. The molecule has 1 saturated carbocycles. The highest BCUT2D eigenvalue weighted by molar-refractivity contribution is 5.82. The smallest absolute Gasteiger partial charge is 0.167 e. The molecule has 2 aliphatic heterocycles. The van der Waals surface area contributed by atoms with Crippen LogP contribution >= 0.6 is 0 Å². The molecule has 0 amide bonds. The van der Waals surface area contributed by atoms with Crippen LogP contribution in [0, 0.1) is 0 Å². The first kappa shape index (κ1) is 18.2. The standard InChI is InChI=1S/C18H25N5O5/c1-18(2)27-13-11(6-24)26-17(14(13)28-18)23-8-21-12-15(19-7-20-16(12)23)22-9-4-3-5-10(9)25/h7-11,13-14,17,24-25H,3-6H2,1-2H3,(H,19,20,22)/t9-,10-,11+,13+,14+,17?/m0/s1. The van der Waals surface area contributed by atoms with Crippen LogP contribution in [0.2, 0.25) is 0 Å². The highest BCUT2D eigenvalue weighted by Gasteiger charge is 2.56. The number of imidazole rings is 1. The third-order valence-electron chi connectivity index (χ3n) is 5.74. The van der Waals surface area contributed by atoms with Crippen molar-refractivity contribution < 1.29 is 24.4 Å². The molecule has 28 heavy (non-hydrogen) atoms. The second kappa shape index (κ2) is 6.60. The van der Waals surface area contributed by atoms with Gasteiger partial charge in [-0.2, -0.15) is 0 Å². The Labute approximate surface area is 161 Å². The molecule has 0 radical (unpaired) electrons. The molecule has 3 fully saturated rings. The van der Waals surface area contributed by atoms with E-state index in [1.165, 1.54) is 6.33 Å². The largest absolute Gasteiger partial charge is 0.394 e. The quantitative estimate of drug-likeness (QED) is 0.686. The van der Waals surface area contributed by atoms with Gasteiger partial charge in [-0.25, -0.2) is 15.0 Å². The van der Waals surface area contributed by atoms with Gasteiger partial charge in [0.1, 0.15) is 24.6 Å². The minimum Gasteiger partial charge on any atom is -0.394 e. The predicted octanol–water partition coefficient (Wildman–Crippen LogP) is 0.561. The van der Waals surface area contributed by atoms with E-state index in [9.17, 15) is 10.2 Å². The average Bonchev–Trinajstić information content (AvgIpc) is 3.39. The Balaban J connectivity index is 1.48. The van der Waals surface area contributed by atoms with Crippen LogP contribution in [0.1, 0.15) is 39.3 Å². The number of nitrogens with one attached hydrogen (secondary N) is 1. The van der Waals surface area contributed by atoms with E-state index in [1.807, 2.05) is 13.8 Å². The fourth-order valence-corrected chi connectivity index (χ4v) is 4.46. The molecule has 2 saturated heterocycles. The van der Waals surface area contributed by atoms with Gasteiger partial charge in [0.15, 0.2) is 29.0 Å². The van der Waals surface area contributed by atoms with Crippen LogP contribution in [0.3, 0.4) is 0 Å². The van der Waals surface area contributed by atoms with Crippen LogP contribution in [0.4, 0.5) is 5.82 Å². The van der Waals surface area contributed by atoms with E-state index in [0.29, 0.717) is 17.0 Å². The number of fused-ring (bicyclic) bond motifs is 2. The summed E-state index contributed by atoms with van der Waals surface area (Å²) in [6.45, 7) is 3.53. The Morgan fingerprint density at radius 2 is 2.04 bits per heavy atom. The first-order valence-corrected chi connectivity index (χ1v) is 9.71. The normalized spacial score (nSPS) is 36.9. The molecule has 152 valence electrons. The molecule has 3 aliphatic rings. The summed E-state index contributed by atoms with van der Waals surface area (Å²) in [5, 5.41) is 23.1. The number of hydrogen-bond donors (Lipinski definition) is 3. The molecule has 10 nitrogen and oxygen atoms in total. The summed E-state index contributed by atoms with van der Waals surface area (Å²) in [5.41, 5.74) is 1.20. The van der Waals surface area contributed by atoms with Crippen LogP contribution in [0.5, 0.6) is 0 Å². The Morgan fingerprint density at radius 1 is 1.21 bits per heavy atom. The van der Waals surface area contributed by atoms with E-state index in [0.717, 1.165) is 19.3 Å². The van der Waals surface area contributed by atoms with Gasteiger partial charge in [0.2, 0.25) is 0 Å². The Kier molecular flexibility index (Phi) is 4.29. The maximum atomic E-state index is 10.1. The number of hydrogen-bond acceptors (Lipinski definition) is 9. The van der Waals surface area contributed by atoms with Crippen molar-refractivity contribution in [1.29, 1.82) is 0 Å². The van der Waals surface area contributed by atoms with Crippen LogP contribution < -0.4 is 5.32 Å². The summed E-state index contributed by atoms with van der Waals surface area (Å²) in [5.74, 6) is -0.159. The van der Waals surface area contributed by atoms with E-state index >= 15 is 0 Å². The maximum Gasteiger partial charge on any atom is 0.167 e. The molecule has 2 aromatic rings. The zero-order chi connectivity index (χ0) is 19.5. The molecule has 0 bridgehead atoms. The summed E-state index contributed by atoms with van der Waals surface area (Å²) >= 11 is 0. The minimum atomic E-state index is -0.749. The zero-order valence-electron chi connectivity index (χ0n) is 15.9. The van der Waals surface area contributed by atoms with Crippen molar-refractivity contribution in [1.82, 2.24) is 19.5 Å². The van der Waals surface area contributed by atoms with E-state index < -0.39 is 18.1 Å². The van der Waals surface area contributed by atoms with Crippen LogP contribution in [0.25, 0.3) is 11.2 Å². The fourth-order valence-electron chi connectivity index (χ4n) is 4.46. The van der Waals surface area contributed by atoms with Gasteiger partial charge in [0, 0.05) is 0 Å². The average molecular weight is 391 g/mol. The summed E-state index contributed by atoms with van der Waals surface area (Å²) in [6.07, 6.45) is 3.63. The summed E-state index contributed by atoms with van der Waals surface area (Å²) in [4.78, 5) is 13.2. The van der Waals surface area contributed by atoms with Gasteiger partial charge in [-0.15, -0.1) is 0 Å². The molecule has 2 aromatic heterocycles. The maximum absolute atomic E-state index is 10.1. The van der Waals surface area contributed by atoms with Gasteiger partial charge in [0.05, 0.1) is 25.1 Å². The van der Waals surface area contributed by atoms with Crippen molar-refractivity contribution >= 4 is 17.0 Å². The lowest BCUT2D eigenvalue weighted by Crippen LogP contribution is -2.31. The number of aromatic nitrogens is 4. The number of ether oxygens (including phenoxy) is 3. The first-order chi connectivity index (χ1) is 13.5. The molecule has 1 aliphatic carbocycles. The molecule has 5 rings (SSSR count). The molecular weight excluding hydrogens is 366 g/mol. The Hall–Kier alpha value is -1.85. The molecule has 0 aromatic carbocycles. The predicted molar refractivity (Wildman–Crippen MR) is 97.4 cm³/mol. The molecule has 10 heteroatoms. The monoisotopic (exact) mass is 391 g/mol.